The number of carbonyl (C=O) groups excluding carboxylic acids is 2. The second-order valence-electron chi connectivity index (χ2n) is 5.39. The van der Waals surface area contributed by atoms with Gasteiger partial charge in [-0.1, -0.05) is 35.5 Å². The normalized spacial score (nSPS) is 10.7. The average Bonchev–Trinajstić information content (AvgIpc) is 3.01. The molecule has 0 aliphatic carbocycles. The van der Waals surface area contributed by atoms with Crippen molar-refractivity contribution in [3.8, 4) is 0 Å². The summed E-state index contributed by atoms with van der Waals surface area (Å²) in [5.74, 6) is -0.0844. The molecule has 1 aromatic carbocycles. The van der Waals surface area contributed by atoms with Gasteiger partial charge in [0.05, 0.1) is 16.3 Å². The molecule has 2 aromatic heterocycles. The van der Waals surface area contributed by atoms with Crippen molar-refractivity contribution in [2.45, 2.75) is 19.0 Å². The molecule has 3 aromatic rings. The number of aryl methyl sites for hydroxylation is 2. The van der Waals surface area contributed by atoms with Crippen LogP contribution >= 0.6 is 23.4 Å². The lowest BCUT2D eigenvalue weighted by Crippen LogP contribution is -2.42. The number of nitrogens with one attached hydrogen (secondary N) is 2. The van der Waals surface area contributed by atoms with Gasteiger partial charge in [-0.2, -0.15) is 0 Å². The Balaban J connectivity index is 1.58. The third-order valence-corrected chi connectivity index (χ3v) is 4.68. The minimum absolute atomic E-state index is 0.0525. The molecule has 0 fully saturated rings. The topological polar surface area (TPSA) is 101 Å². The molecule has 0 spiro atoms. The molecule has 0 aliphatic heterocycles. The van der Waals surface area contributed by atoms with Crippen molar-refractivity contribution in [1.29, 1.82) is 0 Å². The summed E-state index contributed by atoms with van der Waals surface area (Å²) in [6.45, 7) is 3.72. The van der Waals surface area contributed by atoms with Gasteiger partial charge in [-0.05, 0) is 26.0 Å². The zero-order valence-electron chi connectivity index (χ0n) is 14.0. The number of hydrogen-bond acceptors (Lipinski definition) is 6. The molecular formula is C16H15ClN6O2S. The Kier molecular flexibility index (Phi) is 5.38. The number of aromatic nitrogens is 4. The lowest BCUT2D eigenvalue weighted by atomic mass is 10.2. The van der Waals surface area contributed by atoms with E-state index in [1.165, 1.54) is 11.8 Å². The van der Waals surface area contributed by atoms with E-state index in [0.717, 1.165) is 11.5 Å². The van der Waals surface area contributed by atoms with Crippen molar-refractivity contribution in [1.82, 2.24) is 30.4 Å². The Bertz CT molecular complexity index is 990. The number of benzene rings is 1. The van der Waals surface area contributed by atoms with Gasteiger partial charge in [0.1, 0.15) is 5.82 Å². The molecule has 10 heteroatoms. The zero-order valence-corrected chi connectivity index (χ0v) is 15.6. The van der Waals surface area contributed by atoms with Gasteiger partial charge in [-0.3, -0.25) is 24.8 Å². The molecule has 134 valence electrons. The van der Waals surface area contributed by atoms with Crippen LogP contribution in [-0.4, -0.2) is 37.1 Å². The molecule has 3 rings (SSSR count). The lowest BCUT2D eigenvalue weighted by molar-refractivity contribution is -0.119. The molecule has 2 amide bonds. The number of carbonyl (C=O) groups is 2. The minimum atomic E-state index is -0.489. The summed E-state index contributed by atoms with van der Waals surface area (Å²) in [6, 6.07) is 8.39. The van der Waals surface area contributed by atoms with Crippen LogP contribution in [0, 0.1) is 13.8 Å². The van der Waals surface area contributed by atoms with Crippen LogP contribution in [0.25, 0.3) is 5.65 Å². The number of amides is 2. The van der Waals surface area contributed by atoms with Gasteiger partial charge in [0, 0.05) is 11.8 Å². The predicted molar refractivity (Wildman–Crippen MR) is 98.0 cm³/mol. The molecule has 0 aliphatic rings. The predicted octanol–water partition coefficient (Wildman–Crippen LogP) is 1.95. The first-order valence-electron chi connectivity index (χ1n) is 7.61. The fourth-order valence-electron chi connectivity index (χ4n) is 2.30. The van der Waals surface area contributed by atoms with Crippen molar-refractivity contribution in [2.75, 3.05) is 5.75 Å². The smallest absolute Gasteiger partial charge is 0.271 e. The Morgan fingerprint density at radius 3 is 2.73 bits per heavy atom. The van der Waals surface area contributed by atoms with Crippen molar-refractivity contribution >= 4 is 40.8 Å². The van der Waals surface area contributed by atoms with E-state index in [-0.39, 0.29) is 17.2 Å². The van der Waals surface area contributed by atoms with Crippen LogP contribution in [0.15, 0.2) is 35.5 Å². The third kappa shape index (κ3) is 3.94. The van der Waals surface area contributed by atoms with E-state index in [0.29, 0.717) is 15.8 Å². The van der Waals surface area contributed by atoms with E-state index in [4.69, 9.17) is 11.6 Å². The van der Waals surface area contributed by atoms with Crippen LogP contribution in [0.2, 0.25) is 5.02 Å². The van der Waals surface area contributed by atoms with E-state index >= 15 is 0 Å². The molecule has 0 radical (unpaired) electrons. The maximum absolute atomic E-state index is 12.0. The van der Waals surface area contributed by atoms with Gasteiger partial charge in [0.25, 0.3) is 5.91 Å². The highest BCUT2D eigenvalue weighted by molar-refractivity contribution is 7.99. The molecule has 0 atom stereocenters. The number of thioether (sulfide) groups is 1. The summed E-state index contributed by atoms with van der Waals surface area (Å²) in [4.78, 5) is 28.3. The van der Waals surface area contributed by atoms with Gasteiger partial charge < -0.3 is 0 Å². The number of fused-ring (bicyclic) bond motifs is 1. The lowest BCUT2D eigenvalue weighted by Gasteiger charge is -2.08. The number of nitrogens with zero attached hydrogens (tertiary/aromatic N) is 4. The Hall–Kier alpha value is -2.65. The van der Waals surface area contributed by atoms with E-state index in [2.05, 4.69) is 26.0 Å². The standard InChI is InChI=1S/C16H15ClN6O2S/c1-9-7-13-19-22-16(23(13)10(2)18-9)26-8-14(24)20-21-15(25)11-5-3-4-6-12(11)17/h3-7H,8H2,1-2H3,(H,20,24)(H,21,25). The molecule has 0 unspecified atom stereocenters. The first-order valence-corrected chi connectivity index (χ1v) is 8.98. The molecular weight excluding hydrogens is 376 g/mol. The van der Waals surface area contributed by atoms with Gasteiger partial charge in [0.15, 0.2) is 10.8 Å². The van der Waals surface area contributed by atoms with E-state index in [9.17, 15) is 9.59 Å². The number of halogens is 1. The molecule has 8 nitrogen and oxygen atoms in total. The summed E-state index contributed by atoms with van der Waals surface area (Å²) in [5, 5.41) is 9.01. The van der Waals surface area contributed by atoms with Gasteiger partial charge >= 0.3 is 0 Å². The molecule has 0 saturated heterocycles. The van der Waals surface area contributed by atoms with Gasteiger partial charge in [-0.15, -0.1) is 10.2 Å². The van der Waals surface area contributed by atoms with Crippen LogP contribution in [-0.2, 0) is 4.79 Å². The Morgan fingerprint density at radius 1 is 1.19 bits per heavy atom. The minimum Gasteiger partial charge on any atom is -0.272 e. The van der Waals surface area contributed by atoms with Crippen LogP contribution in [0.3, 0.4) is 0 Å². The Morgan fingerprint density at radius 2 is 1.96 bits per heavy atom. The van der Waals surface area contributed by atoms with Crippen molar-refractivity contribution in [3.05, 3.63) is 52.4 Å². The Labute approximate surface area is 158 Å². The maximum Gasteiger partial charge on any atom is 0.271 e. The van der Waals surface area contributed by atoms with Crippen molar-refractivity contribution in [2.24, 2.45) is 0 Å². The molecule has 2 N–H and O–H groups in total. The summed E-state index contributed by atoms with van der Waals surface area (Å²) < 4.78 is 1.77. The number of hydrogen-bond donors (Lipinski definition) is 2. The van der Waals surface area contributed by atoms with Crippen LogP contribution in [0.4, 0.5) is 0 Å². The highest BCUT2D eigenvalue weighted by atomic mass is 35.5. The summed E-state index contributed by atoms with van der Waals surface area (Å²) in [6.07, 6.45) is 0. The molecule has 0 bridgehead atoms. The van der Waals surface area contributed by atoms with Gasteiger partial charge in [-0.25, -0.2) is 4.98 Å². The second kappa shape index (κ2) is 7.71. The van der Waals surface area contributed by atoms with Crippen molar-refractivity contribution in [3.63, 3.8) is 0 Å². The number of rotatable bonds is 4. The van der Waals surface area contributed by atoms with Gasteiger partial charge in [0.2, 0.25) is 5.91 Å². The van der Waals surface area contributed by atoms with E-state index in [1.54, 1.807) is 28.7 Å². The third-order valence-electron chi connectivity index (χ3n) is 3.42. The largest absolute Gasteiger partial charge is 0.272 e. The van der Waals surface area contributed by atoms with E-state index in [1.807, 2.05) is 19.9 Å². The first-order chi connectivity index (χ1) is 12.5. The molecule has 26 heavy (non-hydrogen) atoms. The van der Waals surface area contributed by atoms with Crippen LogP contribution in [0.5, 0.6) is 0 Å². The second-order valence-corrected chi connectivity index (χ2v) is 6.74. The van der Waals surface area contributed by atoms with Crippen LogP contribution in [0.1, 0.15) is 21.9 Å². The first kappa shape index (κ1) is 18.2. The molecule has 0 saturated carbocycles. The maximum atomic E-state index is 12.0. The highest BCUT2D eigenvalue weighted by Crippen LogP contribution is 2.18. The van der Waals surface area contributed by atoms with E-state index < -0.39 is 5.91 Å². The fraction of sp³-hybridized carbons (Fsp3) is 0.188. The average molecular weight is 391 g/mol. The fourth-order valence-corrected chi connectivity index (χ4v) is 3.31. The SMILES string of the molecule is Cc1cc2nnc(SCC(=O)NNC(=O)c3ccccc3Cl)n2c(C)n1. The molecule has 2 heterocycles. The quantitative estimate of drug-likeness (QED) is 0.521. The highest BCUT2D eigenvalue weighted by Gasteiger charge is 2.14. The monoisotopic (exact) mass is 390 g/mol. The number of hydrazine groups is 1. The summed E-state index contributed by atoms with van der Waals surface area (Å²) in [5.41, 5.74) is 6.48. The van der Waals surface area contributed by atoms with Crippen LogP contribution < -0.4 is 10.9 Å². The van der Waals surface area contributed by atoms with Crippen molar-refractivity contribution < 1.29 is 9.59 Å². The summed E-state index contributed by atoms with van der Waals surface area (Å²) in [7, 11) is 0. The summed E-state index contributed by atoms with van der Waals surface area (Å²) >= 11 is 7.14. The zero-order chi connectivity index (χ0) is 18.7.